The molecule has 2 rings (SSSR count). The zero-order chi connectivity index (χ0) is 13.8. The highest BCUT2D eigenvalue weighted by atomic mass is 16.5. The van der Waals surface area contributed by atoms with Gasteiger partial charge in [0.1, 0.15) is 5.75 Å². The Balaban J connectivity index is 2.48. The first-order chi connectivity index (χ1) is 9.15. The first kappa shape index (κ1) is 13.6. The predicted octanol–water partition coefficient (Wildman–Crippen LogP) is 3.02. The molecule has 0 aliphatic rings. The maximum atomic E-state index is 9.35. The Hall–Kier alpha value is -1.81. The summed E-state index contributed by atoms with van der Waals surface area (Å²) in [5, 5.41) is 13.7. The monoisotopic (exact) mass is 260 g/mol. The zero-order valence-electron chi connectivity index (χ0n) is 11.6. The molecular formula is C15H20N2O2. The van der Waals surface area contributed by atoms with E-state index >= 15 is 0 Å². The normalized spacial score (nSPS) is 11.0. The van der Waals surface area contributed by atoms with Gasteiger partial charge in [0.25, 0.3) is 0 Å². The van der Waals surface area contributed by atoms with E-state index < -0.39 is 0 Å². The van der Waals surface area contributed by atoms with Crippen molar-refractivity contribution in [3.05, 3.63) is 36.0 Å². The zero-order valence-corrected chi connectivity index (χ0v) is 11.6. The largest absolute Gasteiger partial charge is 0.494 e. The highest BCUT2D eigenvalue weighted by molar-refractivity contribution is 5.63. The van der Waals surface area contributed by atoms with Crippen LogP contribution in [0.5, 0.6) is 5.75 Å². The summed E-state index contributed by atoms with van der Waals surface area (Å²) in [6.45, 7) is 6.75. The van der Waals surface area contributed by atoms with E-state index in [9.17, 15) is 5.11 Å². The lowest BCUT2D eigenvalue weighted by Gasteiger charge is -2.13. The van der Waals surface area contributed by atoms with Crippen molar-refractivity contribution in [3.63, 3.8) is 0 Å². The molecule has 0 atom stereocenters. The Morgan fingerprint density at radius 3 is 2.74 bits per heavy atom. The van der Waals surface area contributed by atoms with Crippen molar-refractivity contribution >= 4 is 0 Å². The van der Waals surface area contributed by atoms with Gasteiger partial charge in [0, 0.05) is 17.8 Å². The van der Waals surface area contributed by atoms with Gasteiger partial charge in [0.15, 0.2) is 0 Å². The van der Waals surface area contributed by atoms with Crippen molar-refractivity contribution in [1.82, 2.24) is 9.78 Å². The van der Waals surface area contributed by atoms with E-state index in [-0.39, 0.29) is 6.61 Å². The number of aromatic nitrogens is 2. The number of ether oxygens (including phenoxy) is 1. The Morgan fingerprint density at radius 2 is 2.11 bits per heavy atom. The highest BCUT2D eigenvalue weighted by Crippen LogP contribution is 2.27. The van der Waals surface area contributed by atoms with Crippen LogP contribution in [0.3, 0.4) is 0 Å². The molecule has 19 heavy (non-hydrogen) atoms. The standard InChI is InChI=1S/C15H20N2O2/c1-4-19-14-8-12(10-18)7-13(9-14)15-5-6-16-17(15)11(2)3/h5-9,11,18H,4,10H2,1-3H3. The summed E-state index contributed by atoms with van der Waals surface area (Å²) in [4.78, 5) is 0. The molecule has 102 valence electrons. The summed E-state index contributed by atoms with van der Waals surface area (Å²) in [6.07, 6.45) is 1.79. The van der Waals surface area contributed by atoms with E-state index in [1.165, 1.54) is 0 Å². The van der Waals surface area contributed by atoms with Gasteiger partial charge in [0.05, 0.1) is 18.9 Å². The lowest BCUT2D eigenvalue weighted by Crippen LogP contribution is -2.05. The van der Waals surface area contributed by atoms with E-state index in [1.807, 2.05) is 35.9 Å². The quantitative estimate of drug-likeness (QED) is 0.899. The fourth-order valence-corrected chi connectivity index (χ4v) is 2.10. The van der Waals surface area contributed by atoms with Crippen LogP contribution in [-0.2, 0) is 6.61 Å². The molecule has 0 aliphatic heterocycles. The van der Waals surface area contributed by atoms with Gasteiger partial charge in [-0.15, -0.1) is 0 Å². The van der Waals surface area contributed by atoms with Crippen LogP contribution >= 0.6 is 0 Å². The topological polar surface area (TPSA) is 47.3 Å². The number of aliphatic hydroxyl groups is 1. The predicted molar refractivity (Wildman–Crippen MR) is 75.1 cm³/mol. The second-order valence-corrected chi connectivity index (χ2v) is 4.71. The van der Waals surface area contributed by atoms with Crippen LogP contribution in [0.4, 0.5) is 0 Å². The average molecular weight is 260 g/mol. The molecule has 0 fully saturated rings. The van der Waals surface area contributed by atoms with Crippen molar-refractivity contribution in [2.45, 2.75) is 33.4 Å². The summed E-state index contributed by atoms with van der Waals surface area (Å²) < 4.78 is 7.51. The van der Waals surface area contributed by atoms with Crippen molar-refractivity contribution < 1.29 is 9.84 Å². The lowest BCUT2D eigenvalue weighted by molar-refractivity contribution is 0.280. The maximum Gasteiger partial charge on any atom is 0.120 e. The third kappa shape index (κ3) is 2.96. The van der Waals surface area contributed by atoms with Gasteiger partial charge in [-0.25, -0.2) is 0 Å². The minimum Gasteiger partial charge on any atom is -0.494 e. The summed E-state index contributed by atoms with van der Waals surface area (Å²) >= 11 is 0. The van der Waals surface area contributed by atoms with Crippen LogP contribution in [0, 0.1) is 0 Å². The van der Waals surface area contributed by atoms with Crippen LogP contribution in [-0.4, -0.2) is 21.5 Å². The number of hydrogen-bond acceptors (Lipinski definition) is 3. The van der Waals surface area contributed by atoms with Crippen molar-refractivity contribution in [2.24, 2.45) is 0 Å². The summed E-state index contributed by atoms with van der Waals surface area (Å²) in [6, 6.07) is 8.09. The molecular weight excluding hydrogens is 240 g/mol. The number of rotatable bonds is 5. The molecule has 4 nitrogen and oxygen atoms in total. The molecule has 1 heterocycles. The molecule has 0 bridgehead atoms. The van der Waals surface area contributed by atoms with Gasteiger partial charge in [-0.2, -0.15) is 5.10 Å². The van der Waals surface area contributed by atoms with E-state index in [4.69, 9.17) is 4.74 Å². The maximum absolute atomic E-state index is 9.35. The lowest BCUT2D eigenvalue weighted by atomic mass is 10.1. The van der Waals surface area contributed by atoms with E-state index in [1.54, 1.807) is 6.20 Å². The van der Waals surface area contributed by atoms with Crippen molar-refractivity contribution in [3.8, 4) is 17.0 Å². The van der Waals surface area contributed by atoms with Crippen molar-refractivity contribution in [2.75, 3.05) is 6.61 Å². The highest BCUT2D eigenvalue weighted by Gasteiger charge is 2.10. The van der Waals surface area contributed by atoms with Crippen LogP contribution in [0.1, 0.15) is 32.4 Å². The molecule has 0 amide bonds. The summed E-state index contributed by atoms with van der Waals surface area (Å²) in [5.74, 6) is 0.778. The van der Waals surface area contributed by atoms with Crippen LogP contribution in [0.25, 0.3) is 11.3 Å². The third-order valence-corrected chi connectivity index (χ3v) is 2.92. The molecule has 1 N–H and O–H groups in total. The number of aliphatic hydroxyl groups excluding tert-OH is 1. The molecule has 0 saturated carbocycles. The minimum atomic E-state index is 0.00370. The second-order valence-electron chi connectivity index (χ2n) is 4.71. The van der Waals surface area contributed by atoms with Gasteiger partial charge in [-0.1, -0.05) is 0 Å². The average Bonchev–Trinajstić information content (AvgIpc) is 2.88. The minimum absolute atomic E-state index is 0.00370. The van der Waals surface area contributed by atoms with E-state index in [0.717, 1.165) is 22.6 Å². The van der Waals surface area contributed by atoms with Crippen molar-refractivity contribution in [1.29, 1.82) is 0 Å². The third-order valence-electron chi connectivity index (χ3n) is 2.92. The molecule has 2 aromatic rings. The van der Waals surface area contributed by atoms with Gasteiger partial charge >= 0.3 is 0 Å². The molecule has 1 aromatic carbocycles. The molecule has 0 unspecified atom stereocenters. The fourth-order valence-electron chi connectivity index (χ4n) is 2.10. The Labute approximate surface area is 113 Å². The summed E-state index contributed by atoms with van der Waals surface area (Å²) in [5.41, 5.74) is 2.89. The molecule has 0 radical (unpaired) electrons. The van der Waals surface area contributed by atoms with Crippen LogP contribution in [0.2, 0.25) is 0 Å². The Morgan fingerprint density at radius 1 is 1.32 bits per heavy atom. The second kappa shape index (κ2) is 5.89. The van der Waals surface area contributed by atoms with Gasteiger partial charge in [0.2, 0.25) is 0 Å². The summed E-state index contributed by atoms with van der Waals surface area (Å²) in [7, 11) is 0. The Bertz CT molecular complexity index is 547. The smallest absolute Gasteiger partial charge is 0.120 e. The molecule has 1 aromatic heterocycles. The van der Waals surface area contributed by atoms with E-state index in [2.05, 4.69) is 18.9 Å². The Kier molecular flexibility index (Phi) is 4.22. The molecule has 0 saturated heterocycles. The SMILES string of the molecule is CCOc1cc(CO)cc(-c2ccnn2C(C)C)c1. The van der Waals surface area contributed by atoms with Crippen LogP contribution in [0.15, 0.2) is 30.5 Å². The number of hydrogen-bond donors (Lipinski definition) is 1. The number of benzene rings is 1. The molecule has 0 aliphatic carbocycles. The van der Waals surface area contributed by atoms with Gasteiger partial charge in [-0.3, -0.25) is 4.68 Å². The van der Waals surface area contributed by atoms with Crippen LogP contribution < -0.4 is 4.74 Å². The van der Waals surface area contributed by atoms with E-state index in [0.29, 0.717) is 12.6 Å². The molecule has 4 heteroatoms. The molecule has 0 spiro atoms. The fraction of sp³-hybridized carbons (Fsp3) is 0.400. The first-order valence-electron chi connectivity index (χ1n) is 6.57. The van der Waals surface area contributed by atoms with Gasteiger partial charge in [-0.05, 0) is 50.6 Å². The number of nitrogens with zero attached hydrogens (tertiary/aromatic N) is 2. The first-order valence-corrected chi connectivity index (χ1v) is 6.57. The van der Waals surface area contributed by atoms with Gasteiger partial charge < -0.3 is 9.84 Å².